The van der Waals surface area contributed by atoms with Gasteiger partial charge in [-0.3, -0.25) is 0 Å². The molecule has 0 aromatic carbocycles. The Kier molecular flexibility index (Phi) is 3.79. The number of piperidine rings is 1. The monoisotopic (exact) mass is 259 g/mol. The van der Waals surface area contributed by atoms with Gasteiger partial charge < -0.3 is 10.4 Å². The van der Waals surface area contributed by atoms with Crippen molar-refractivity contribution in [3.63, 3.8) is 0 Å². The summed E-state index contributed by atoms with van der Waals surface area (Å²) in [7, 11) is -5.69. The molecule has 0 aromatic heterocycles. The maximum absolute atomic E-state index is 11.9. The quantitative estimate of drug-likeness (QED) is 0.540. The lowest BCUT2D eigenvalue weighted by molar-refractivity contribution is -0.224. The van der Waals surface area contributed by atoms with E-state index in [0.29, 0.717) is 25.9 Å². The Morgan fingerprint density at radius 1 is 1.31 bits per heavy atom. The lowest BCUT2D eigenvalue weighted by atomic mass is 9.98. The number of alkyl halides is 3. The fourth-order valence-corrected chi connectivity index (χ4v) is 1.80. The maximum atomic E-state index is 11.9. The van der Waals surface area contributed by atoms with E-state index in [1.54, 1.807) is 0 Å². The minimum Gasteiger partial charge on any atom is -0.861 e. The van der Waals surface area contributed by atoms with E-state index < -0.39 is 27.3 Å². The van der Waals surface area contributed by atoms with Crippen LogP contribution in [0.5, 0.6) is 0 Å². The maximum Gasteiger partial charge on any atom is 0.518 e. The second-order valence-corrected chi connectivity index (χ2v) is 4.97. The van der Waals surface area contributed by atoms with Crippen molar-refractivity contribution in [2.75, 3.05) is 13.1 Å². The van der Waals surface area contributed by atoms with Crippen molar-refractivity contribution in [3.05, 3.63) is 0 Å². The average Bonchev–Trinajstić information content (AvgIpc) is 2.16. The van der Waals surface area contributed by atoms with Crippen molar-refractivity contribution in [3.8, 4) is 0 Å². The molecule has 0 amide bonds. The Morgan fingerprint density at radius 3 is 2.25 bits per heavy atom. The number of hydrogen-bond acceptors (Lipinski definition) is 4. The smallest absolute Gasteiger partial charge is 0.518 e. The fraction of sp³-hybridized carbons (Fsp3) is 0.857. The molecule has 1 saturated heterocycles. The van der Waals surface area contributed by atoms with Gasteiger partial charge in [0.2, 0.25) is 0 Å². The van der Waals surface area contributed by atoms with E-state index in [0.717, 1.165) is 0 Å². The van der Waals surface area contributed by atoms with Crippen LogP contribution in [0.4, 0.5) is 13.2 Å². The summed E-state index contributed by atoms with van der Waals surface area (Å²) in [6.45, 7) is 0.940. The highest BCUT2D eigenvalue weighted by Crippen LogP contribution is 2.25. The molecule has 0 unspecified atom stereocenters. The summed E-state index contributed by atoms with van der Waals surface area (Å²) in [4.78, 5) is 0. The van der Waals surface area contributed by atoms with E-state index in [9.17, 15) is 26.7 Å². The summed E-state index contributed by atoms with van der Waals surface area (Å²) < 4.78 is 59.2. The van der Waals surface area contributed by atoms with Gasteiger partial charge in [0, 0.05) is 0 Å². The first-order valence-electron chi connectivity index (χ1n) is 4.53. The first kappa shape index (κ1) is 13.2. The van der Waals surface area contributed by atoms with Crippen LogP contribution in [0, 0.1) is 5.92 Å². The molecule has 16 heavy (non-hydrogen) atoms. The third kappa shape index (κ3) is 3.08. The molecule has 0 spiro atoms. The average molecular weight is 259 g/mol. The van der Waals surface area contributed by atoms with Crippen LogP contribution < -0.4 is 10.4 Å². The molecule has 0 aliphatic carbocycles. The van der Waals surface area contributed by atoms with Crippen molar-refractivity contribution in [2.24, 2.45) is 10.3 Å². The van der Waals surface area contributed by atoms with Gasteiger partial charge in [-0.05, 0) is 37.7 Å². The van der Waals surface area contributed by atoms with Gasteiger partial charge in [-0.25, -0.2) is 0 Å². The van der Waals surface area contributed by atoms with Crippen LogP contribution in [0.1, 0.15) is 12.8 Å². The Labute approximate surface area is 90.4 Å². The molecule has 0 aromatic rings. The van der Waals surface area contributed by atoms with Crippen molar-refractivity contribution < 1.29 is 26.7 Å². The van der Waals surface area contributed by atoms with Crippen LogP contribution in [-0.4, -0.2) is 32.9 Å². The Morgan fingerprint density at radius 2 is 1.81 bits per heavy atom. The zero-order valence-electron chi connectivity index (χ0n) is 8.12. The molecule has 94 valence electrons. The molecule has 0 bridgehead atoms. The van der Waals surface area contributed by atoms with Crippen molar-refractivity contribution in [1.29, 1.82) is 0 Å². The van der Waals surface area contributed by atoms with Gasteiger partial charge >= 0.3 is 15.5 Å². The van der Waals surface area contributed by atoms with Gasteiger partial charge in [0.25, 0.3) is 0 Å². The summed E-state index contributed by atoms with van der Waals surface area (Å²) in [5, 5.41) is 14.1. The molecule has 1 aliphatic heterocycles. The molecular weight excluding hydrogens is 249 g/mol. The molecule has 9 heteroatoms. The largest absolute Gasteiger partial charge is 0.861 e. The topological polar surface area (TPSA) is 81.6 Å². The highest BCUT2D eigenvalue weighted by atomic mass is 32.2. The fourth-order valence-electron chi connectivity index (χ4n) is 1.31. The highest BCUT2D eigenvalue weighted by molar-refractivity contribution is 7.91. The molecule has 5 nitrogen and oxygen atoms in total. The number of halogens is 3. The van der Waals surface area contributed by atoms with Crippen LogP contribution in [0.25, 0.3) is 0 Å². The summed E-state index contributed by atoms with van der Waals surface area (Å²) in [5.41, 5.74) is -5.50. The van der Waals surface area contributed by atoms with Crippen molar-refractivity contribution in [1.82, 2.24) is 5.32 Å². The third-order valence-electron chi connectivity index (χ3n) is 2.19. The van der Waals surface area contributed by atoms with Gasteiger partial charge in [0.1, 0.15) is 0 Å². The minimum absolute atomic E-state index is 0.301. The van der Waals surface area contributed by atoms with E-state index >= 15 is 0 Å². The number of nitrogens with zero attached hydrogens (tertiary/aromatic N) is 1. The minimum atomic E-state index is -5.69. The van der Waals surface area contributed by atoms with Gasteiger partial charge in [0.15, 0.2) is 0 Å². The van der Waals surface area contributed by atoms with Gasteiger partial charge in [-0.1, -0.05) is 0 Å². The normalized spacial score (nSPS) is 21.1. The molecule has 0 atom stereocenters. The van der Waals surface area contributed by atoms with Crippen molar-refractivity contribution in [2.45, 2.75) is 18.3 Å². The molecular formula is C7H10F3N2O3S-. The Hall–Kier alpha value is -0.830. The van der Waals surface area contributed by atoms with E-state index in [4.69, 9.17) is 0 Å². The van der Waals surface area contributed by atoms with E-state index in [2.05, 4.69) is 9.71 Å². The molecule has 1 aliphatic rings. The summed E-state index contributed by atoms with van der Waals surface area (Å²) in [6, 6.07) is 0. The lowest BCUT2D eigenvalue weighted by Gasteiger charge is -2.27. The van der Waals surface area contributed by atoms with Crippen LogP contribution in [0.15, 0.2) is 4.40 Å². The third-order valence-corrected chi connectivity index (χ3v) is 3.20. The molecule has 0 saturated carbocycles. The van der Waals surface area contributed by atoms with E-state index in [1.807, 2.05) is 0 Å². The highest BCUT2D eigenvalue weighted by Gasteiger charge is 2.45. The predicted octanol–water partition coefficient (Wildman–Crippen LogP) is -0.406. The summed E-state index contributed by atoms with van der Waals surface area (Å²) in [6.07, 6.45) is 0.603. The van der Waals surface area contributed by atoms with E-state index in [-0.39, 0.29) is 0 Å². The van der Waals surface area contributed by atoms with Gasteiger partial charge in [0.05, 0.1) is 0 Å². The Balaban J connectivity index is 2.83. The zero-order chi connectivity index (χ0) is 12.4. The zero-order valence-corrected chi connectivity index (χ0v) is 8.94. The molecule has 1 heterocycles. The number of nitrogens with one attached hydrogen (secondary N) is 1. The first-order chi connectivity index (χ1) is 7.24. The van der Waals surface area contributed by atoms with Crippen molar-refractivity contribution >= 4 is 15.9 Å². The summed E-state index contributed by atoms with van der Waals surface area (Å²) in [5.74, 6) is -1.95. The van der Waals surface area contributed by atoms with Crippen LogP contribution in [0.3, 0.4) is 0 Å². The molecule has 0 radical (unpaired) electrons. The Bertz CT molecular complexity index is 371. The van der Waals surface area contributed by atoms with Gasteiger partial charge in [-0.15, -0.1) is 0 Å². The lowest BCUT2D eigenvalue weighted by Crippen LogP contribution is -2.38. The van der Waals surface area contributed by atoms with E-state index in [1.165, 1.54) is 0 Å². The SMILES string of the molecule is O=S(=O)(/N=C(\[O-])C1CCNCC1)C(F)(F)F. The van der Waals surface area contributed by atoms with Gasteiger partial charge in [-0.2, -0.15) is 26.0 Å². The second kappa shape index (κ2) is 4.58. The van der Waals surface area contributed by atoms with Crippen LogP contribution in [-0.2, 0) is 10.0 Å². The summed E-state index contributed by atoms with van der Waals surface area (Å²) >= 11 is 0. The first-order valence-corrected chi connectivity index (χ1v) is 5.97. The number of hydrogen-bond donors (Lipinski definition) is 1. The molecule has 1 fully saturated rings. The number of sulfonamides is 1. The molecule has 1 rings (SSSR count). The second-order valence-electron chi connectivity index (χ2n) is 3.37. The number of rotatable bonds is 2. The van der Waals surface area contributed by atoms with Crippen LogP contribution >= 0.6 is 0 Å². The standard InChI is InChI=1S/C7H11F3N2O3S/c8-7(9,10)16(14,15)12-6(13)5-1-3-11-4-2-5/h5,11H,1-4H2,(H,12,13)/p-1. The predicted molar refractivity (Wildman–Crippen MR) is 48.0 cm³/mol. The molecule has 1 N–H and O–H groups in total. The van der Waals surface area contributed by atoms with Crippen LogP contribution in [0.2, 0.25) is 0 Å².